The van der Waals surface area contributed by atoms with Gasteiger partial charge in [-0.05, 0) is 55.8 Å². The lowest BCUT2D eigenvalue weighted by molar-refractivity contribution is -0.137. The molecule has 168 valence electrons. The number of hydrogen-bond acceptors (Lipinski definition) is 5. The van der Waals surface area contributed by atoms with Crippen molar-refractivity contribution in [3.05, 3.63) is 59.2 Å². The Kier molecular flexibility index (Phi) is 7.12. The lowest BCUT2D eigenvalue weighted by Gasteiger charge is -2.17. The second-order valence-corrected chi connectivity index (χ2v) is 9.03. The van der Waals surface area contributed by atoms with E-state index in [-0.39, 0.29) is 16.1 Å². The number of anilines is 1. The number of carbonyl (C=O) groups excluding carboxylic acids is 2. The Labute approximate surface area is 177 Å². The van der Waals surface area contributed by atoms with Gasteiger partial charge in [0.2, 0.25) is 10.0 Å². The smallest absolute Gasteiger partial charge is 0.416 e. The maximum Gasteiger partial charge on any atom is 0.416 e. The van der Waals surface area contributed by atoms with Crippen molar-refractivity contribution in [2.75, 3.05) is 19.4 Å². The minimum Gasteiger partial charge on any atom is -0.449 e. The molecule has 2 rings (SSSR count). The number of amides is 1. The highest BCUT2D eigenvalue weighted by atomic mass is 32.2. The minimum atomic E-state index is -4.54. The molecule has 2 aromatic rings. The summed E-state index contributed by atoms with van der Waals surface area (Å²) in [5.41, 5.74) is -0.279. The summed E-state index contributed by atoms with van der Waals surface area (Å²) in [4.78, 5) is 24.5. The Bertz CT molecular complexity index is 1080. The predicted octanol–water partition coefficient (Wildman–Crippen LogP) is 3.45. The molecule has 0 fully saturated rings. The first-order valence-corrected chi connectivity index (χ1v) is 10.4. The quantitative estimate of drug-likeness (QED) is 0.670. The fraction of sp³-hybridized carbons (Fsp3) is 0.300. The van der Waals surface area contributed by atoms with Crippen LogP contribution in [0.5, 0.6) is 0 Å². The zero-order valence-electron chi connectivity index (χ0n) is 17.1. The van der Waals surface area contributed by atoms with E-state index >= 15 is 0 Å². The molecular formula is C20H21F3N2O5S. The number of sulfonamides is 1. The number of nitrogens with one attached hydrogen (secondary N) is 1. The van der Waals surface area contributed by atoms with E-state index in [1.165, 1.54) is 39.2 Å². The number of aryl methyl sites for hydroxylation is 1. The molecular weight excluding hydrogens is 437 g/mol. The maximum atomic E-state index is 12.6. The summed E-state index contributed by atoms with van der Waals surface area (Å²) < 4.78 is 68.4. The highest BCUT2D eigenvalue weighted by Gasteiger charge is 2.30. The van der Waals surface area contributed by atoms with E-state index in [1.54, 1.807) is 6.92 Å². The van der Waals surface area contributed by atoms with Gasteiger partial charge in [0.05, 0.1) is 16.0 Å². The van der Waals surface area contributed by atoms with Gasteiger partial charge in [-0.2, -0.15) is 13.2 Å². The highest BCUT2D eigenvalue weighted by Crippen LogP contribution is 2.29. The van der Waals surface area contributed by atoms with Gasteiger partial charge in [-0.3, -0.25) is 4.79 Å². The zero-order valence-corrected chi connectivity index (χ0v) is 18.0. The first-order chi connectivity index (χ1) is 14.2. The van der Waals surface area contributed by atoms with E-state index < -0.39 is 39.7 Å². The summed E-state index contributed by atoms with van der Waals surface area (Å²) >= 11 is 0. The molecule has 0 aliphatic carbocycles. The highest BCUT2D eigenvalue weighted by molar-refractivity contribution is 7.89. The lowest BCUT2D eigenvalue weighted by Crippen LogP contribution is -2.30. The molecule has 0 unspecified atom stereocenters. The Morgan fingerprint density at radius 2 is 1.65 bits per heavy atom. The van der Waals surface area contributed by atoms with Crippen LogP contribution < -0.4 is 5.32 Å². The molecule has 1 N–H and O–H groups in total. The van der Waals surface area contributed by atoms with Gasteiger partial charge in [-0.1, -0.05) is 6.07 Å². The van der Waals surface area contributed by atoms with Crippen molar-refractivity contribution in [3.63, 3.8) is 0 Å². The number of esters is 1. The summed E-state index contributed by atoms with van der Waals surface area (Å²) in [7, 11) is -0.982. The van der Waals surface area contributed by atoms with Crippen LogP contribution in [-0.2, 0) is 25.7 Å². The molecule has 2 aromatic carbocycles. The predicted molar refractivity (Wildman–Crippen MR) is 107 cm³/mol. The number of carbonyl (C=O) groups is 2. The van der Waals surface area contributed by atoms with Crippen molar-refractivity contribution >= 4 is 27.6 Å². The van der Waals surface area contributed by atoms with Gasteiger partial charge in [0, 0.05) is 19.8 Å². The van der Waals surface area contributed by atoms with Crippen LogP contribution in [0.2, 0.25) is 0 Å². The Hall–Kier alpha value is -2.92. The molecule has 0 aromatic heterocycles. The van der Waals surface area contributed by atoms with Crippen LogP contribution in [0.25, 0.3) is 0 Å². The van der Waals surface area contributed by atoms with Crippen molar-refractivity contribution < 1.29 is 35.9 Å². The fourth-order valence-corrected chi connectivity index (χ4v) is 3.35. The fourth-order valence-electron chi connectivity index (χ4n) is 2.42. The molecule has 0 radical (unpaired) electrons. The van der Waals surface area contributed by atoms with Gasteiger partial charge in [0.1, 0.15) is 0 Å². The van der Waals surface area contributed by atoms with E-state index in [4.69, 9.17) is 4.74 Å². The first-order valence-electron chi connectivity index (χ1n) is 8.95. The van der Waals surface area contributed by atoms with Gasteiger partial charge >= 0.3 is 12.1 Å². The number of nitrogens with zero attached hydrogens (tertiary/aromatic N) is 1. The first kappa shape index (κ1) is 24.4. The van der Waals surface area contributed by atoms with Crippen molar-refractivity contribution in [2.24, 2.45) is 0 Å². The zero-order chi connectivity index (χ0) is 23.6. The van der Waals surface area contributed by atoms with Crippen LogP contribution in [-0.4, -0.2) is 44.8 Å². The van der Waals surface area contributed by atoms with Crippen molar-refractivity contribution in [1.29, 1.82) is 0 Å². The van der Waals surface area contributed by atoms with Gasteiger partial charge in [0.25, 0.3) is 5.91 Å². The van der Waals surface area contributed by atoms with Crippen LogP contribution in [0, 0.1) is 6.92 Å². The third-order valence-electron chi connectivity index (χ3n) is 4.35. The van der Waals surface area contributed by atoms with Crippen LogP contribution in [0.3, 0.4) is 0 Å². The number of rotatable bonds is 6. The number of alkyl halides is 3. The van der Waals surface area contributed by atoms with Crippen molar-refractivity contribution in [3.8, 4) is 0 Å². The SMILES string of the molecule is Cc1ccc(S(=O)(=O)N(C)C)cc1NC(=O)[C@@H](C)OC(=O)c1ccc(C(F)(F)F)cc1. The summed E-state index contributed by atoms with van der Waals surface area (Å²) in [6, 6.07) is 7.58. The topological polar surface area (TPSA) is 92.8 Å². The van der Waals surface area contributed by atoms with Crippen LogP contribution in [0.1, 0.15) is 28.4 Å². The van der Waals surface area contributed by atoms with Crippen LogP contribution >= 0.6 is 0 Å². The molecule has 1 atom stereocenters. The second-order valence-electron chi connectivity index (χ2n) is 6.88. The number of ether oxygens (including phenoxy) is 1. The molecule has 7 nitrogen and oxygen atoms in total. The number of hydrogen-bond donors (Lipinski definition) is 1. The van der Waals surface area contributed by atoms with E-state index in [0.717, 1.165) is 28.6 Å². The van der Waals surface area contributed by atoms with Crippen LogP contribution in [0.4, 0.5) is 18.9 Å². The Balaban J connectivity index is 2.11. The average Bonchev–Trinajstić information content (AvgIpc) is 2.68. The van der Waals surface area contributed by atoms with Crippen molar-refractivity contribution in [2.45, 2.75) is 31.0 Å². The minimum absolute atomic E-state index is 0.0344. The molecule has 0 saturated heterocycles. The van der Waals surface area contributed by atoms with E-state index in [2.05, 4.69) is 5.32 Å². The summed E-state index contributed by atoms with van der Waals surface area (Å²) in [6.07, 6.45) is -5.83. The van der Waals surface area contributed by atoms with Crippen LogP contribution in [0.15, 0.2) is 47.4 Å². The second kappa shape index (κ2) is 9.06. The molecule has 0 saturated carbocycles. The average molecular weight is 458 g/mol. The molecule has 31 heavy (non-hydrogen) atoms. The van der Waals surface area contributed by atoms with Gasteiger partial charge < -0.3 is 10.1 Å². The third kappa shape index (κ3) is 5.82. The van der Waals surface area contributed by atoms with E-state index in [0.29, 0.717) is 5.56 Å². The lowest BCUT2D eigenvalue weighted by atomic mass is 10.1. The van der Waals surface area contributed by atoms with Gasteiger partial charge in [-0.25, -0.2) is 17.5 Å². The molecule has 0 aliphatic heterocycles. The molecule has 11 heteroatoms. The monoisotopic (exact) mass is 458 g/mol. The van der Waals surface area contributed by atoms with E-state index in [1.807, 2.05) is 0 Å². The number of benzene rings is 2. The standard InChI is InChI=1S/C20H21F3N2O5S/c1-12-5-10-16(31(28,29)25(3)4)11-17(12)24-18(26)13(2)30-19(27)14-6-8-15(9-7-14)20(21,22)23/h5-11,13H,1-4H3,(H,24,26)/t13-/m1/s1. The van der Waals surface area contributed by atoms with Gasteiger partial charge in [0.15, 0.2) is 6.10 Å². The molecule has 1 amide bonds. The van der Waals surface area contributed by atoms with Crippen molar-refractivity contribution in [1.82, 2.24) is 4.31 Å². The number of halogens is 3. The van der Waals surface area contributed by atoms with E-state index in [9.17, 15) is 31.2 Å². The largest absolute Gasteiger partial charge is 0.449 e. The molecule has 0 spiro atoms. The Morgan fingerprint density at radius 3 is 2.16 bits per heavy atom. The third-order valence-corrected chi connectivity index (χ3v) is 6.16. The normalized spacial score (nSPS) is 13.0. The molecule has 0 bridgehead atoms. The van der Waals surface area contributed by atoms with Gasteiger partial charge in [-0.15, -0.1) is 0 Å². The molecule has 0 heterocycles. The molecule has 0 aliphatic rings. The maximum absolute atomic E-state index is 12.6. The summed E-state index contributed by atoms with van der Waals surface area (Å²) in [5, 5.41) is 2.50. The summed E-state index contributed by atoms with van der Waals surface area (Å²) in [6.45, 7) is 2.94. The summed E-state index contributed by atoms with van der Waals surface area (Å²) in [5.74, 6) is -1.71. The Morgan fingerprint density at radius 1 is 1.06 bits per heavy atom.